The fraction of sp³-hybridized carbons (Fsp3) is 0.241. The van der Waals surface area contributed by atoms with Gasteiger partial charge < -0.3 is 27.0 Å². The molecular formula is C58H60F2N14. The van der Waals surface area contributed by atoms with E-state index >= 15 is 4.39 Å². The third-order valence-corrected chi connectivity index (χ3v) is 13.3. The van der Waals surface area contributed by atoms with Gasteiger partial charge in [-0.2, -0.15) is 0 Å². The molecule has 0 spiro atoms. The van der Waals surface area contributed by atoms with Crippen LogP contribution in [0.5, 0.6) is 0 Å². The number of nitrogens with zero attached hydrogens (tertiary/aromatic N) is 10. The largest absolute Gasteiger partial charge is 0.404 e. The van der Waals surface area contributed by atoms with E-state index in [9.17, 15) is 4.39 Å². The number of pyridine rings is 2. The first-order valence-corrected chi connectivity index (χ1v) is 25.0. The van der Waals surface area contributed by atoms with Crippen LogP contribution in [0.2, 0.25) is 0 Å². The second-order valence-corrected chi connectivity index (χ2v) is 18.6. The third kappa shape index (κ3) is 12.3. The number of aromatic nitrogens is 6. The monoisotopic (exact) mass is 991 g/mol. The lowest BCUT2D eigenvalue weighted by atomic mass is 10.0. The minimum Gasteiger partial charge on any atom is -0.404 e. The Morgan fingerprint density at radius 1 is 0.649 bits per heavy atom. The summed E-state index contributed by atoms with van der Waals surface area (Å²) in [6, 6.07) is 31.3. The van der Waals surface area contributed by atoms with E-state index in [1.165, 1.54) is 37.8 Å². The number of rotatable bonds is 20. The topological polar surface area (TPSA) is 185 Å². The zero-order chi connectivity index (χ0) is 51.4. The van der Waals surface area contributed by atoms with Gasteiger partial charge in [0.05, 0.1) is 35.5 Å². The van der Waals surface area contributed by atoms with E-state index in [-0.39, 0.29) is 23.7 Å². The van der Waals surface area contributed by atoms with Crippen LogP contribution in [-0.4, -0.2) is 103 Å². The highest BCUT2D eigenvalue weighted by atomic mass is 19.1. The summed E-state index contributed by atoms with van der Waals surface area (Å²) in [6.45, 7) is 11.6. The van der Waals surface area contributed by atoms with E-state index in [1.807, 2.05) is 60.8 Å². The summed E-state index contributed by atoms with van der Waals surface area (Å²) in [5, 5.41) is 8.37. The Balaban J connectivity index is 0.801. The Hall–Kier alpha value is -8.34. The Bertz CT molecular complexity index is 3370. The third-order valence-electron chi connectivity index (χ3n) is 13.3. The molecule has 0 saturated carbocycles. The van der Waals surface area contributed by atoms with Crippen LogP contribution in [0.15, 0.2) is 151 Å². The van der Waals surface area contributed by atoms with E-state index in [4.69, 9.17) is 16.5 Å². The fourth-order valence-electron chi connectivity index (χ4n) is 9.40. The lowest BCUT2D eigenvalue weighted by molar-refractivity contribution is 0.168. The van der Waals surface area contributed by atoms with Crippen molar-refractivity contribution in [3.63, 3.8) is 0 Å². The van der Waals surface area contributed by atoms with E-state index in [1.54, 1.807) is 67.3 Å². The summed E-state index contributed by atoms with van der Waals surface area (Å²) in [4.78, 5) is 41.2. The molecule has 6 N–H and O–H groups in total. The van der Waals surface area contributed by atoms with Crippen LogP contribution < -0.4 is 22.1 Å². The number of halogens is 2. The van der Waals surface area contributed by atoms with Crippen molar-refractivity contribution in [3.8, 4) is 22.5 Å². The highest BCUT2D eigenvalue weighted by molar-refractivity contribution is 6.11. The molecule has 8 aromatic rings. The maximum Gasteiger partial charge on any atom is 0.141 e. The SMILES string of the molecule is CC(C)N(CCN=CC(=CN)c1ccc2c(Nc3ccnc(-c4ccccc4F)c3)ncnc2c1)C(C)Cc1ccc(-c2cc(Nc3ncnc4cc(C(C=NCCN5CCCC5)=CN)ccc34)ccn2)c(F)c1. The molecule has 4 aromatic carbocycles. The van der Waals surface area contributed by atoms with Gasteiger partial charge in [-0.1, -0.05) is 30.3 Å². The maximum atomic E-state index is 16.0. The first-order valence-electron chi connectivity index (χ1n) is 25.0. The zero-order valence-electron chi connectivity index (χ0n) is 41.8. The van der Waals surface area contributed by atoms with Gasteiger partial charge in [-0.3, -0.25) is 24.9 Å². The predicted molar refractivity (Wildman–Crippen MR) is 297 cm³/mol. The molecule has 16 heteroatoms. The smallest absolute Gasteiger partial charge is 0.141 e. The molecule has 5 heterocycles. The van der Waals surface area contributed by atoms with Gasteiger partial charge in [0.2, 0.25) is 0 Å². The molecule has 9 rings (SSSR count). The number of fused-ring (bicyclic) bond motifs is 2. The number of aliphatic imine (C=N–C) groups is 2. The van der Waals surface area contributed by atoms with Crippen molar-refractivity contribution in [3.05, 3.63) is 169 Å². The van der Waals surface area contributed by atoms with Crippen LogP contribution in [0.25, 0.3) is 55.5 Å². The van der Waals surface area contributed by atoms with Crippen molar-refractivity contribution in [2.24, 2.45) is 21.5 Å². The lowest BCUT2D eigenvalue weighted by Gasteiger charge is -2.32. The molecule has 74 heavy (non-hydrogen) atoms. The van der Waals surface area contributed by atoms with Gasteiger partial charge >= 0.3 is 0 Å². The molecule has 1 unspecified atom stereocenters. The average molecular weight is 991 g/mol. The van der Waals surface area contributed by atoms with E-state index in [0.717, 1.165) is 70.3 Å². The molecule has 1 atom stereocenters. The van der Waals surface area contributed by atoms with Crippen molar-refractivity contribution in [2.75, 3.05) is 49.9 Å². The van der Waals surface area contributed by atoms with E-state index < -0.39 is 0 Å². The average Bonchev–Trinajstić information content (AvgIpc) is 3.94. The van der Waals surface area contributed by atoms with Crippen LogP contribution in [0.3, 0.4) is 0 Å². The summed E-state index contributed by atoms with van der Waals surface area (Å²) < 4.78 is 30.5. The quantitative estimate of drug-likeness (QED) is 0.0531. The van der Waals surface area contributed by atoms with Gasteiger partial charge in [-0.25, -0.2) is 28.7 Å². The van der Waals surface area contributed by atoms with Gasteiger partial charge in [0.15, 0.2) is 0 Å². The van der Waals surface area contributed by atoms with Crippen molar-refractivity contribution in [1.29, 1.82) is 0 Å². The summed E-state index contributed by atoms with van der Waals surface area (Å²) in [5.41, 5.74) is 21.1. The van der Waals surface area contributed by atoms with Crippen LogP contribution in [-0.2, 0) is 6.42 Å². The number of nitrogens with two attached hydrogens (primary N) is 2. The predicted octanol–water partition coefficient (Wildman–Crippen LogP) is 10.6. The Morgan fingerprint density at radius 3 is 1.77 bits per heavy atom. The van der Waals surface area contributed by atoms with Crippen LogP contribution in [0.1, 0.15) is 50.3 Å². The number of hydrogen-bond acceptors (Lipinski definition) is 14. The number of nitrogens with one attached hydrogen (secondary N) is 2. The first kappa shape index (κ1) is 50.6. The molecule has 0 aliphatic carbocycles. The Kier molecular flexibility index (Phi) is 16.4. The lowest BCUT2D eigenvalue weighted by Crippen LogP contribution is -2.41. The molecule has 1 saturated heterocycles. The number of allylic oxidation sites excluding steroid dienone is 2. The molecule has 0 radical (unpaired) electrons. The van der Waals surface area contributed by atoms with Gasteiger partial charge in [-0.05, 0) is 143 Å². The van der Waals surface area contributed by atoms with E-state index in [0.29, 0.717) is 70.6 Å². The normalized spacial score (nSPS) is 14.1. The van der Waals surface area contributed by atoms with Crippen molar-refractivity contribution in [1.82, 2.24) is 39.7 Å². The maximum absolute atomic E-state index is 16.0. The molecule has 4 aromatic heterocycles. The minimum absolute atomic E-state index is 0.0984. The van der Waals surface area contributed by atoms with Crippen molar-refractivity contribution < 1.29 is 8.78 Å². The number of anilines is 4. The van der Waals surface area contributed by atoms with E-state index in [2.05, 4.69) is 76.1 Å². The Morgan fingerprint density at radius 2 is 1.22 bits per heavy atom. The summed E-state index contributed by atoms with van der Waals surface area (Å²) in [6.07, 6.45) is 16.2. The van der Waals surface area contributed by atoms with Crippen LogP contribution in [0, 0.1) is 11.6 Å². The molecule has 14 nitrogen and oxygen atoms in total. The zero-order valence-corrected chi connectivity index (χ0v) is 41.8. The highest BCUT2D eigenvalue weighted by Gasteiger charge is 2.19. The van der Waals surface area contributed by atoms with Crippen LogP contribution >= 0.6 is 0 Å². The molecule has 0 bridgehead atoms. The molecule has 0 amide bonds. The van der Waals surface area contributed by atoms with Gasteiger partial charge in [0.1, 0.15) is 35.9 Å². The fourth-order valence-corrected chi connectivity index (χ4v) is 9.40. The molecule has 1 aliphatic heterocycles. The van der Waals surface area contributed by atoms with Gasteiger partial charge in [0, 0.05) is 107 Å². The minimum atomic E-state index is -0.346. The summed E-state index contributed by atoms with van der Waals surface area (Å²) in [7, 11) is 0. The number of benzene rings is 4. The second-order valence-electron chi connectivity index (χ2n) is 18.6. The standard InChI is InChI=1S/C58H60F2N14/c1-38(2)74(25-21-64-35-44(33-62)42-12-15-49-54(29-42)68-36-69-57(49)71-45-16-18-65-55(30-45)47-8-4-5-9-51(47)59)39(3)26-40-10-13-48(52(60)27-40)56-31-46(17-19-66-56)72-58-50-14-11-41(28-53(50)67-37-70-58)43(32-61)34-63-20-24-73-22-6-7-23-73/h4-5,8-19,27-39H,6-7,20-26,61-62H2,1-3H3,(H,65,68,69,71)(H,66,67,70,72). The summed E-state index contributed by atoms with van der Waals surface area (Å²) >= 11 is 0. The highest BCUT2D eigenvalue weighted by Crippen LogP contribution is 2.31. The molecule has 376 valence electrons. The molecule has 1 aliphatic rings. The van der Waals surface area contributed by atoms with Crippen molar-refractivity contribution >= 4 is 68.4 Å². The number of likely N-dealkylation sites (tertiary alicyclic amines) is 1. The number of hydrogen-bond donors (Lipinski definition) is 4. The molecule has 1 fully saturated rings. The Labute approximate surface area is 430 Å². The van der Waals surface area contributed by atoms with Crippen LogP contribution in [0.4, 0.5) is 31.8 Å². The van der Waals surface area contributed by atoms with Crippen molar-refractivity contribution in [2.45, 2.75) is 52.1 Å². The van der Waals surface area contributed by atoms with Gasteiger partial charge in [-0.15, -0.1) is 0 Å². The summed E-state index contributed by atoms with van der Waals surface area (Å²) in [5.74, 6) is 0.523. The second kappa shape index (κ2) is 23.9. The first-order chi connectivity index (χ1) is 36.1. The van der Waals surface area contributed by atoms with Gasteiger partial charge in [0.25, 0.3) is 0 Å². The molecular weight excluding hydrogens is 931 g/mol.